The van der Waals surface area contributed by atoms with E-state index in [1.807, 2.05) is 13.8 Å². The number of morpholine rings is 2. The number of benzene rings is 4. The molecule has 4 aromatic rings. The van der Waals surface area contributed by atoms with E-state index >= 15 is 0 Å². The first kappa shape index (κ1) is 80.6. The number of likely N-dealkylation sites (tertiary alicyclic amines) is 2. The average molecular weight is 1590 g/mol. The summed E-state index contributed by atoms with van der Waals surface area (Å²) < 4.78 is 71.9. The third-order valence-corrected chi connectivity index (χ3v) is 25.5. The lowest BCUT2D eigenvalue weighted by molar-refractivity contribution is -0.256. The van der Waals surface area contributed by atoms with Gasteiger partial charge in [0.15, 0.2) is 60.7 Å². The number of methoxy groups -OCH3 is 4. The standard InChI is InChI=1S/C43H50N2O14.C38H42N2O14.CH4/c1-19-14-28(46)45(40(19)52)18-21-8-10-22(11-9-21)39(51)43(53)16-24-31(37(50)33-32(35(24)48)34(47)23-6-5-7-26(54-3)30(23)36(33)49)27(17-43)58-29-15-25-38(20(2)57-29)59-41-42(55-4)56-13-12-44(25)41;1-16-12-24(42)40(35(16)47)9-8-23(41)38(48)14-19-27(33(46)29-28(31(19)44)30(43)18-6-5-7-21(49-3)26(18)32(29)45)22(15-38)53-25-13-20-34(17(2)52-25)54-36-37(50-4)51-11-10-39(20)36;/h5-7,19-22,25,27,29,38,41-42,48,50,53H,8-18H2,1-4H3;5-7,16-17,20,22,25,34,36-37,44,46,48H,8-15H2,1-4H3;1H4/t19?,20-,21?,22?,25-,27-,29-,38+,41+,42-,43-;16?,17-,20-,22-,25-,34+,36+,37-,38-;/m00./s1. The average Bonchev–Trinajstić information content (AvgIpc) is 1.02. The van der Waals surface area contributed by atoms with Gasteiger partial charge in [0, 0.05) is 161 Å². The minimum atomic E-state index is -2.25. The summed E-state index contributed by atoms with van der Waals surface area (Å²) >= 11 is 0. The molecule has 0 aromatic heterocycles. The zero-order chi connectivity index (χ0) is 80.0. The van der Waals surface area contributed by atoms with E-state index in [1.54, 1.807) is 27.0 Å². The molecule has 612 valence electrons. The summed E-state index contributed by atoms with van der Waals surface area (Å²) in [6, 6.07) is 8.53. The number of carbonyl (C=O) groups is 10. The van der Waals surface area contributed by atoms with E-state index in [-0.39, 0.29) is 144 Å². The van der Waals surface area contributed by atoms with Gasteiger partial charge in [0.1, 0.15) is 57.9 Å². The number of hydrogen-bond donors (Lipinski definition) is 6. The van der Waals surface area contributed by atoms with Crippen LogP contribution >= 0.6 is 0 Å². The smallest absolute Gasteiger partial charge is 0.232 e. The van der Waals surface area contributed by atoms with E-state index in [0.29, 0.717) is 65.0 Å². The van der Waals surface area contributed by atoms with Crippen molar-refractivity contribution in [2.24, 2.45) is 23.7 Å². The first-order valence-electron chi connectivity index (χ1n) is 38.7. The van der Waals surface area contributed by atoms with Crippen LogP contribution in [0.4, 0.5) is 0 Å². The zero-order valence-corrected chi connectivity index (χ0v) is 63.7. The van der Waals surface area contributed by atoms with Crippen LogP contribution in [0.15, 0.2) is 36.4 Å². The van der Waals surface area contributed by atoms with Gasteiger partial charge in [-0.05, 0) is 57.6 Å². The summed E-state index contributed by atoms with van der Waals surface area (Å²) in [6.45, 7) is 9.00. The molecule has 0 bridgehead atoms. The van der Waals surface area contributed by atoms with Crippen molar-refractivity contribution < 1.29 is 135 Å². The van der Waals surface area contributed by atoms with Gasteiger partial charge >= 0.3 is 0 Å². The maximum absolute atomic E-state index is 14.6. The van der Waals surface area contributed by atoms with Crippen LogP contribution in [0.3, 0.4) is 0 Å². The fourth-order valence-electron chi connectivity index (χ4n) is 19.9. The molecule has 8 heterocycles. The van der Waals surface area contributed by atoms with Crippen LogP contribution in [0.25, 0.3) is 0 Å². The van der Waals surface area contributed by atoms with Crippen molar-refractivity contribution in [2.75, 3.05) is 67.8 Å². The Kier molecular flexibility index (Phi) is 21.8. The van der Waals surface area contributed by atoms with E-state index in [2.05, 4.69) is 9.80 Å². The summed E-state index contributed by atoms with van der Waals surface area (Å²) in [5, 5.41) is 72.7. The minimum absolute atomic E-state index is 0. The number of phenols is 4. The predicted octanol–water partition coefficient (Wildman–Crippen LogP) is 5.06. The summed E-state index contributed by atoms with van der Waals surface area (Å²) in [4.78, 5) is 142. The zero-order valence-electron chi connectivity index (χ0n) is 63.7. The molecule has 17 rings (SSSR count). The van der Waals surface area contributed by atoms with E-state index in [1.165, 1.54) is 56.6 Å². The number of ketones is 6. The number of aromatic hydroxyl groups is 4. The number of imide groups is 2. The first-order chi connectivity index (χ1) is 54.0. The highest BCUT2D eigenvalue weighted by molar-refractivity contribution is 6.32. The molecule has 18 atom stereocenters. The molecule has 32 nitrogen and oxygen atoms in total. The summed E-state index contributed by atoms with van der Waals surface area (Å²) in [7, 11) is 5.78. The Bertz CT molecular complexity index is 4650. The van der Waals surface area contributed by atoms with Crippen molar-refractivity contribution in [3.63, 3.8) is 0 Å². The van der Waals surface area contributed by atoms with Gasteiger partial charge in [-0.15, -0.1) is 0 Å². The van der Waals surface area contributed by atoms with Gasteiger partial charge < -0.3 is 87.5 Å². The Morgan fingerprint density at radius 2 is 0.965 bits per heavy atom. The van der Waals surface area contributed by atoms with E-state index in [9.17, 15) is 78.6 Å². The number of amides is 4. The normalized spacial score (nSPS) is 34.1. The monoisotopic (exact) mass is 1580 g/mol. The predicted molar refractivity (Wildman–Crippen MR) is 391 cm³/mol. The molecular weight excluding hydrogens is 1490 g/mol. The van der Waals surface area contributed by atoms with Crippen LogP contribution in [0.2, 0.25) is 0 Å². The van der Waals surface area contributed by atoms with Crippen LogP contribution < -0.4 is 9.47 Å². The highest BCUT2D eigenvalue weighted by Crippen LogP contribution is 2.57. The number of carbonyl (C=O) groups excluding carboxylic acids is 10. The van der Waals surface area contributed by atoms with Crippen LogP contribution in [-0.2, 0) is 89.0 Å². The number of Topliss-reactive ketones (excluding diaryl/α,β-unsaturated/α-hetero) is 2. The Morgan fingerprint density at radius 1 is 0.535 bits per heavy atom. The fourth-order valence-corrected chi connectivity index (χ4v) is 19.9. The number of rotatable bonds is 16. The molecule has 5 aliphatic carbocycles. The van der Waals surface area contributed by atoms with Crippen LogP contribution in [0, 0.1) is 23.7 Å². The van der Waals surface area contributed by atoms with Gasteiger partial charge in [-0.25, -0.2) is 0 Å². The van der Waals surface area contributed by atoms with Crippen LogP contribution in [-0.4, -0.2) is 262 Å². The summed E-state index contributed by atoms with van der Waals surface area (Å²) in [5.74, 6) is -9.21. The van der Waals surface area contributed by atoms with Gasteiger partial charge in [0.25, 0.3) is 0 Å². The number of fused-ring (bicyclic) bond motifs is 12. The number of hydrogen-bond acceptors (Lipinski definition) is 30. The second-order valence-electron chi connectivity index (χ2n) is 32.1. The second kappa shape index (κ2) is 30.8. The molecule has 114 heavy (non-hydrogen) atoms. The van der Waals surface area contributed by atoms with Crippen molar-refractivity contribution in [1.29, 1.82) is 0 Å². The van der Waals surface area contributed by atoms with Crippen LogP contribution in [0.5, 0.6) is 34.5 Å². The number of phenolic OH excluding ortho intramolecular Hbond substituents is 4. The Morgan fingerprint density at radius 3 is 1.39 bits per heavy atom. The molecule has 4 amide bonds. The quantitative estimate of drug-likeness (QED) is 0.0544. The largest absolute Gasteiger partial charge is 0.507 e. The summed E-state index contributed by atoms with van der Waals surface area (Å²) in [6.07, 6.45) is -7.98. The van der Waals surface area contributed by atoms with E-state index in [0.717, 1.165) is 4.90 Å². The van der Waals surface area contributed by atoms with Gasteiger partial charge in [-0.3, -0.25) is 67.5 Å². The molecule has 32 heteroatoms. The molecular formula is C82H96N4O28. The Balaban J connectivity index is 0.000000179. The van der Waals surface area contributed by atoms with Gasteiger partial charge in [-0.2, -0.15) is 0 Å². The number of nitrogens with zero attached hydrogens (tertiary/aromatic N) is 4. The SMILES string of the molecule is C.COc1cccc2c1C(=O)c1c(O)c3c(c(O)c1C2=O)C[C@@](O)(C(=O)C1CCC(CN2C(=O)CC(C)C2=O)CC1)C[C@@H]3O[C@H]1C[C@H]2[C@H](O[C@@H]3[C@@H](OC)OCCN32)[C@H](C)O1.COc1cccc2c1C(=O)c1c(O)c3c(c(O)c1C2=O)C[C@@](O)(C(=O)CCN1C(=O)CC(C)C1=O)C[C@@H]3O[C@H]1C[C@H]2[C@H](O[C@@H]3[C@@H](OC)OCCN32)[C@H](C)O1. The van der Waals surface area contributed by atoms with Crippen molar-refractivity contribution in [3.05, 3.63) is 103 Å². The lowest BCUT2D eigenvalue weighted by Crippen LogP contribution is -2.55. The maximum Gasteiger partial charge on any atom is 0.232 e. The van der Waals surface area contributed by atoms with Crippen molar-refractivity contribution in [1.82, 2.24) is 19.6 Å². The van der Waals surface area contributed by atoms with Crippen molar-refractivity contribution >= 4 is 58.3 Å². The maximum atomic E-state index is 14.6. The lowest BCUT2D eigenvalue weighted by Gasteiger charge is -2.44. The molecule has 13 aliphatic rings. The topological polar surface area (TPSA) is 416 Å². The third kappa shape index (κ3) is 13.2. The molecule has 1 saturated carbocycles. The molecule has 8 aliphatic heterocycles. The third-order valence-electron chi connectivity index (χ3n) is 25.5. The Labute approximate surface area is 655 Å². The minimum Gasteiger partial charge on any atom is -0.507 e. The molecule has 9 fully saturated rings. The van der Waals surface area contributed by atoms with Gasteiger partial charge in [-0.1, -0.05) is 45.5 Å². The second-order valence-corrected chi connectivity index (χ2v) is 32.1. The molecule has 0 spiro atoms. The fraction of sp³-hybridized carbons (Fsp3) is 0.585. The van der Waals surface area contributed by atoms with E-state index < -0.39 is 203 Å². The highest BCUT2D eigenvalue weighted by atomic mass is 16.7. The number of aliphatic hydroxyl groups is 2. The highest BCUT2D eigenvalue weighted by Gasteiger charge is 2.59. The molecule has 8 saturated heterocycles. The molecule has 6 N–H and O–H groups in total. The first-order valence-corrected chi connectivity index (χ1v) is 38.7. The number of ether oxygens (including phenoxy) is 12. The van der Waals surface area contributed by atoms with Crippen molar-refractivity contribution in [2.45, 2.75) is 216 Å². The Hall–Kier alpha value is -8.58. The van der Waals surface area contributed by atoms with E-state index in [4.69, 9.17) is 56.8 Å². The molecule has 2 unspecified atom stereocenters. The summed E-state index contributed by atoms with van der Waals surface area (Å²) in [5.41, 5.74) is -6.69. The van der Waals surface area contributed by atoms with Crippen molar-refractivity contribution in [3.8, 4) is 34.5 Å². The van der Waals surface area contributed by atoms with Gasteiger partial charge in [0.2, 0.25) is 35.2 Å². The van der Waals surface area contributed by atoms with Gasteiger partial charge in [0.05, 0.1) is 85.2 Å². The molecule has 0 radical (unpaired) electrons. The van der Waals surface area contributed by atoms with Crippen LogP contribution in [0.1, 0.15) is 204 Å². The lowest BCUT2D eigenvalue weighted by atomic mass is 9.68. The molecule has 4 aromatic carbocycles.